The van der Waals surface area contributed by atoms with E-state index < -0.39 is 0 Å². The zero-order valence-corrected chi connectivity index (χ0v) is 13.4. The van der Waals surface area contributed by atoms with Gasteiger partial charge in [0.05, 0.1) is 5.56 Å². The number of rotatable bonds is 5. The lowest BCUT2D eigenvalue weighted by Crippen LogP contribution is -2.45. The second-order valence-corrected chi connectivity index (χ2v) is 6.06. The van der Waals surface area contributed by atoms with Crippen molar-refractivity contribution in [2.75, 3.05) is 46.3 Å². The molecule has 110 valence electrons. The van der Waals surface area contributed by atoms with Crippen LogP contribution in [0.25, 0.3) is 0 Å². The lowest BCUT2D eigenvalue weighted by molar-refractivity contribution is 0.0949. The van der Waals surface area contributed by atoms with Gasteiger partial charge >= 0.3 is 0 Å². The summed E-state index contributed by atoms with van der Waals surface area (Å²) in [6, 6.07) is 1.78. The first-order valence-electron chi connectivity index (χ1n) is 6.95. The van der Waals surface area contributed by atoms with E-state index >= 15 is 0 Å². The molecule has 1 N–H and O–H groups in total. The molecule has 0 spiro atoms. The normalized spacial score (nSPS) is 17.1. The first-order valence-corrected chi connectivity index (χ1v) is 7.74. The predicted octanol–water partition coefficient (Wildman–Crippen LogP) is 1.21. The number of halogens is 1. The molecule has 0 saturated carbocycles. The van der Waals surface area contributed by atoms with Crippen LogP contribution in [0, 0.1) is 0 Å². The maximum absolute atomic E-state index is 11.9. The molecule has 20 heavy (non-hydrogen) atoms. The topological polar surface area (TPSA) is 48.5 Å². The van der Waals surface area contributed by atoms with Gasteiger partial charge in [-0.3, -0.25) is 9.78 Å². The number of likely N-dealkylation sites (N-methyl/N-ethyl adjacent to an activating group) is 1. The van der Waals surface area contributed by atoms with Crippen LogP contribution in [-0.2, 0) is 0 Å². The van der Waals surface area contributed by atoms with Gasteiger partial charge in [0.25, 0.3) is 5.91 Å². The second-order valence-electron chi connectivity index (χ2n) is 5.15. The van der Waals surface area contributed by atoms with Crippen LogP contribution in [0.5, 0.6) is 0 Å². The molecule has 0 aliphatic carbocycles. The van der Waals surface area contributed by atoms with E-state index in [4.69, 9.17) is 0 Å². The zero-order valence-electron chi connectivity index (χ0n) is 11.8. The SMILES string of the molecule is CN1CCN(CCCNC(=O)c2cncc(Br)c2)CC1. The van der Waals surface area contributed by atoms with E-state index in [0.29, 0.717) is 12.1 Å². The summed E-state index contributed by atoms with van der Waals surface area (Å²) >= 11 is 3.32. The third kappa shape index (κ3) is 4.85. The van der Waals surface area contributed by atoms with Crippen LogP contribution in [0.15, 0.2) is 22.9 Å². The summed E-state index contributed by atoms with van der Waals surface area (Å²) in [7, 11) is 2.16. The minimum absolute atomic E-state index is 0.0582. The summed E-state index contributed by atoms with van der Waals surface area (Å²) in [5.41, 5.74) is 0.596. The third-order valence-electron chi connectivity index (χ3n) is 3.50. The highest BCUT2D eigenvalue weighted by Gasteiger charge is 2.13. The molecule has 1 aromatic heterocycles. The van der Waals surface area contributed by atoms with E-state index in [-0.39, 0.29) is 5.91 Å². The molecule has 1 amide bonds. The lowest BCUT2D eigenvalue weighted by Gasteiger charge is -2.32. The predicted molar refractivity (Wildman–Crippen MR) is 82.8 cm³/mol. The Morgan fingerprint density at radius 3 is 2.80 bits per heavy atom. The molecule has 2 heterocycles. The Morgan fingerprint density at radius 1 is 1.35 bits per heavy atom. The van der Waals surface area contributed by atoms with Gasteiger partial charge in [0, 0.05) is 49.6 Å². The van der Waals surface area contributed by atoms with Crippen molar-refractivity contribution < 1.29 is 4.79 Å². The molecule has 0 aromatic carbocycles. The number of hydrogen-bond donors (Lipinski definition) is 1. The molecule has 2 rings (SSSR count). The molecule has 1 aliphatic heterocycles. The lowest BCUT2D eigenvalue weighted by atomic mass is 10.2. The van der Waals surface area contributed by atoms with E-state index in [1.807, 2.05) is 0 Å². The fourth-order valence-electron chi connectivity index (χ4n) is 2.21. The van der Waals surface area contributed by atoms with E-state index in [1.54, 1.807) is 18.5 Å². The maximum atomic E-state index is 11.9. The van der Waals surface area contributed by atoms with Gasteiger partial charge in [-0.15, -0.1) is 0 Å². The molecular formula is C14H21BrN4O. The molecule has 0 unspecified atom stereocenters. The summed E-state index contributed by atoms with van der Waals surface area (Å²) < 4.78 is 0.822. The Hall–Kier alpha value is -0.980. The van der Waals surface area contributed by atoms with Crippen molar-refractivity contribution in [3.05, 3.63) is 28.5 Å². The quantitative estimate of drug-likeness (QED) is 0.818. The van der Waals surface area contributed by atoms with E-state index in [9.17, 15) is 4.79 Å². The number of hydrogen-bond acceptors (Lipinski definition) is 4. The average molecular weight is 341 g/mol. The van der Waals surface area contributed by atoms with E-state index in [1.165, 1.54) is 0 Å². The van der Waals surface area contributed by atoms with Crippen LogP contribution in [-0.4, -0.2) is 67.0 Å². The highest BCUT2D eigenvalue weighted by Crippen LogP contribution is 2.09. The van der Waals surface area contributed by atoms with Gasteiger partial charge in [-0.1, -0.05) is 0 Å². The van der Waals surface area contributed by atoms with Gasteiger partial charge < -0.3 is 15.1 Å². The van der Waals surface area contributed by atoms with Crippen LogP contribution in [0.1, 0.15) is 16.8 Å². The summed E-state index contributed by atoms with van der Waals surface area (Å²) in [6.07, 6.45) is 4.24. The van der Waals surface area contributed by atoms with Crippen molar-refractivity contribution in [3.8, 4) is 0 Å². The number of pyridine rings is 1. The van der Waals surface area contributed by atoms with Crippen LogP contribution in [0.2, 0.25) is 0 Å². The third-order valence-corrected chi connectivity index (χ3v) is 3.93. The highest BCUT2D eigenvalue weighted by molar-refractivity contribution is 9.10. The molecule has 0 bridgehead atoms. The number of amides is 1. The summed E-state index contributed by atoms with van der Waals surface area (Å²) in [5.74, 6) is -0.0582. The van der Waals surface area contributed by atoms with Crippen molar-refractivity contribution in [2.45, 2.75) is 6.42 Å². The smallest absolute Gasteiger partial charge is 0.252 e. The van der Waals surface area contributed by atoms with Crippen molar-refractivity contribution in [2.24, 2.45) is 0 Å². The van der Waals surface area contributed by atoms with Crippen molar-refractivity contribution in [1.82, 2.24) is 20.1 Å². The van der Waals surface area contributed by atoms with Gasteiger partial charge in [-0.25, -0.2) is 0 Å². The Bertz CT molecular complexity index is 447. The monoisotopic (exact) mass is 340 g/mol. The zero-order chi connectivity index (χ0) is 14.4. The number of piperazine rings is 1. The number of nitrogens with zero attached hydrogens (tertiary/aromatic N) is 3. The van der Waals surface area contributed by atoms with Gasteiger partial charge in [0.1, 0.15) is 0 Å². The fraction of sp³-hybridized carbons (Fsp3) is 0.571. The van der Waals surface area contributed by atoms with Crippen LogP contribution < -0.4 is 5.32 Å². The number of aromatic nitrogens is 1. The van der Waals surface area contributed by atoms with Crippen LogP contribution >= 0.6 is 15.9 Å². The highest BCUT2D eigenvalue weighted by atomic mass is 79.9. The van der Waals surface area contributed by atoms with Gasteiger partial charge in [0.2, 0.25) is 0 Å². The largest absolute Gasteiger partial charge is 0.352 e. The molecular weight excluding hydrogens is 320 g/mol. The molecule has 5 nitrogen and oxygen atoms in total. The number of carbonyl (C=O) groups excluding carboxylic acids is 1. The first kappa shape index (κ1) is 15.4. The standard InChI is InChI=1S/C14H21BrN4O/c1-18-5-7-19(8-6-18)4-2-3-17-14(20)12-9-13(15)11-16-10-12/h9-11H,2-8H2,1H3,(H,17,20). The van der Waals surface area contributed by atoms with Gasteiger partial charge in [-0.05, 0) is 42.0 Å². The number of carbonyl (C=O) groups is 1. The Labute approximate surface area is 128 Å². The minimum atomic E-state index is -0.0582. The Balaban J connectivity index is 1.64. The van der Waals surface area contributed by atoms with Crippen molar-refractivity contribution in [3.63, 3.8) is 0 Å². The Kier molecular flexibility index (Phi) is 5.94. The van der Waals surface area contributed by atoms with E-state index in [2.05, 4.69) is 43.1 Å². The number of nitrogens with one attached hydrogen (secondary N) is 1. The molecule has 1 aliphatic rings. The maximum Gasteiger partial charge on any atom is 0.252 e. The molecule has 6 heteroatoms. The summed E-state index contributed by atoms with van der Waals surface area (Å²) in [5, 5.41) is 2.94. The van der Waals surface area contributed by atoms with Crippen LogP contribution in [0.4, 0.5) is 0 Å². The first-order chi connectivity index (χ1) is 9.65. The minimum Gasteiger partial charge on any atom is -0.352 e. The molecule has 0 radical (unpaired) electrons. The summed E-state index contributed by atoms with van der Waals surface area (Å²) in [4.78, 5) is 20.7. The molecule has 0 atom stereocenters. The Morgan fingerprint density at radius 2 is 2.10 bits per heavy atom. The van der Waals surface area contributed by atoms with Gasteiger partial charge in [-0.2, -0.15) is 0 Å². The molecule has 1 saturated heterocycles. The van der Waals surface area contributed by atoms with Crippen molar-refractivity contribution in [1.29, 1.82) is 0 Å². The second kappa shape index (κ2) is 7.71. The van der Waals surface area contributed by atoms with Crippen molar-refractivity contribution >= 4 is 21.8 Å². The molecule has 1 fully saturated rings. The molecule has 1 aromatic rings. The average Bonchev–Trinajstić information content (AvgIpc) is 2.45. The van der Waals surface area contributed by atoms with Crippen LogP contribution in [0.3, 0.4) is 0 Å². The van der Waals surface area contributed by atoms with E-state index in [0.717, 1.165) is 43.6 Å². The fourth-order valence-corrected chi connectivity index (χ4v) is 2.58. The van der Waals surface area contributed by atoms with Gasteiger partial charge in [0.15, 0.2) is 0 Å². The summed E-state index contributed by atoms with van der Waals surface area (Å²) in [6.45, 7) is 6.27.